The van der Waals surface area contributed by atoms with Crippen molar-refractivity contribution in [3.05, 3.63) is 65.7 Å². The van der Waals surface area contributed by atoms with E-state index >= 15 is 0 Å². The summed E-state index contributed by atoms with van der Waals surface area (Å²) in [5.74, 6) is 0.920. The number of hydrogen-bond donors (Lipinski definition) is 1. The van der Waals surface area contributed by atoms with Crippen LogP contribution in [-0.2, 0) is 5.60 Å². The van der Waals surface area contributed by atoms with Gasteiger partial charge in [0, 0.05) is 12.5 Å². The molecule has 2 atom stereocenters. The van der Waals surface area contributed by atoms with E-state index in [0.29, 0.717) is 6.61 Å². The SMILES string of the molecule is CCCCCCC[C@@](O)(c1ccc(OCC)cc1)[C@H](CN1CCCC1)c1ccccc1. The van der Waals surface area contributed by atoms with E-state index in [0.717, 1.165) is 43.8 Å². The van der Waals surface area contributed by atoms with Gasteiger partial charge in [-0.25, -0.2) is 0 Å². The summed E-state index contributed by atoms with van der Waals surface area (Å²) in [4.78, 5) is 2.54. The fourth-order valence-electron chi connectivity index (χ4n) is 4.97. The lowest BCUT2D eigenvalue weighted by molar-refractivity contribution is -0.0133. The normalized spacial score (nSPS) is 17.4. The van der Waals surface area contributed by atoms with Crippen LogP contribution in [-0.4, -0.2) is 36.2 Å². The van der Waals surface area contributed by atoms with E-state index in [1.165, 1.54) is 44.1 Å². The van der Waals surface area contributed by atoms with Crippen molar-refractivity contribution >= 4 is 0 Å². The van der Waals surface area contributed by atoms with Gasteiger partial charge in [0.15, 0.2) is 0 Å². The van der Waals surface area contributed by atoms with Crippen LogP contribution in [0.1, 0.15) is 82.3 Å². The molecule has 0 aliphatic carbocycles. The molecule has 0 aromatic heterocycles. The van der Waals surface area contributed by atoms with Gasteiger partial charge in [-0.15, -0.1) is 0 Å². The summed E-state index contributed by atoms with van der Waals surface area (Å²) in [6.07, 6.45) is 9.31. The predicted molar refractivity (Wildman–Crippen MR) is 130 cm³/mol. The molecule has 1 saturated heterocycles. The molecule has 1 aliphatic heterocycles. The zero-order valence-electron chi connectivity index (χ0n) is 19.6. The number of hydrogen-bond acceptors (Lipinski definition) is 3. The van der Waals surface area contributed by atoms with Crippen LogP contribution in [0.15, 0.2) is 54.6 Å². The molecule has 170 valence electrons. The van der Waals surface area contributed by atoms with Crippen LogP contribution in [0.2, 0.25) is 0 Å². The first-order valence-corrected chi connectivity index (χ1v) is 12.4. The molecule has 3 heteroatoms. The topological polar surface area (TPSA) is 32.7 Å². The summed E-state index contributed by atoms with van der Waals surface area (Å²) in [7, 11) is 0. The molecule has 1 heterocycles. The molecule has 31 heavy (non-hydrogen) atoms. The predicted octanol–water partition coefficient (Wildman–Crippen LogP) is 6.51. The van der Waals surface area contributed by atoms with Crippen molar-refractivity contribution < 1.29 is 9.84 Å². The van der Waals surface area contributed by atoms with E-state index in [-0.39, 0.29) is 5.92 Å². The maximum atomic E-state index is 12.4. The van der Waals surface area contributed by atoms with Gasteiger partial charge in [0.2, 0.25) is 0 Å². The second kappa shape index (κ2) is 12.3. The smallest absolute Gasteiger partial charge is 0.119 e. The average molecular weight is 424 g/mol. The number of unbranched alkanes of at least 4 members (excludes halogenated alkanes) is 4. The Morgan fingerprint density at radius 3 is 2.23 bits per heavy atom. The Kier molecular flexibility index (Phi) is 9.42. The third-order valence-corrected chi connectivity index (χ3v) is 6.74. The van der Waals surface area contributed by atoms with Gasteiger partial charge in [0.05, 0.1) is 12.2 Å². The minimum Gasteiger partial charge on any atom is -0.494 e. The van der Waals surface area contributed by atoms with Crippen molar-refractivity contribution in [2.24, 2.45) is 0 Å². The van der Waals surface area contributed by atoms with E-state index in [4.69, 9.17) is 4.74 Å². The van der Waals surface area contributed by atoms with Gasteiger partial charge >= 0.3 is 0 Å². The van der Waals surface area contributed by atoms with Crippen molar-refractivity contribution in [3.63, 3.8) is 0 Å². The van der Waals surface area contributed by atoms with Gasteiger partial charge in [-0.05, 0) is 62.5 Å². The molecule has 3 rings (SSSR count). The number of benzene rings is 2. The Morgan fingerprint density at radius 1 is 0.903 bits per heavy atom. The second-order valence-electron chi connectivity index (χ2n) is 9.02. The Bertz CT molecular complexity index is 739. The first-order valence-electron chi connectivity index (χ1n) is 12.4. The van der Waals surface area contributed by atoms with Crippen molar-refractivity contribution in [2.75, 3.05) is 26.2 Å². The lowest BCUT2D eigenvalue weighted by Crippen LogP contribution is -2.40. The van der Waals surface area contributed by atoms with Gasteiger partial charge in [-0.2, -0.15) is 0 Å². The molecule has 1 fully saturated rings. The van der Waals surface area contributed by atoms with Crippen molar-refractivity contribution in [2.45, 2.75) is 76.7 Å². The Balaban J connectivity index is 1.91. The molecule has 3 nitrogen and oxygen atoms in total. The van der Waals surface area contributed by atoms with E-state index in [1.807, 2.05) is 19.1 Å². The zero-order chi connectivity index (χ0) is 21.9. The minimum atomic E-state index is -0.888. The van der Waals surface area contributed by atoms with Crippen LogP contribution in [0.25, 0.3) is 0 Å². The van der Waals surface area contributed by atoms with Crippen molar-refractivity contribution in [1.82, 2.24) is 4.90 Å². The Morgan fingerprint density at radius 2 is 1.58 bits per heavy atom. The Labute approximate surface area is 189 Å². The summed E-state index contributed by atoms with van der Waals surface area (Å²) in [6, 6.07) is 18.8. The number of ether oxygens (including phenoxy) is 1. The molecule has 0 spiro atoms. The number of likely N-dealkylation sites (tertiary alicyclic amines) is 1. The van der Waals surface area contributed by atoms with Gasteiger partial charge in [0.25, 0.3) is 0 Å². The highest BCUT2D eigenvalue weighted by Gasteiger charge is 2.40. The summed E-state index contributed by atoms with van der Waals surface area (Å²) >= 11 is 0. The lowest BCUT2D eigenvalue weighted by Gasteiger charge is -2.39. The maximum absolute atomic E-state index is 12.4. The molecule has 1 aliphatic rings. The van der Waals surface area contributed by atoms with Crippen LogP contribution in [0.3, 0.4) is 0 Å². The molecule has 0 unspecified atom stereocenters. The van der Waals surface area contributed by atoms with Gasteiger partial charge < -0.3 is 14.7 Å². The molecule has 2 aromatic rings. The maximum Gasteiger partial charge on any atom is 0.119 e. The molecule has 0 bridgehead atoms. The quantitative estimate of drug-likeness (QED) is 0.373. The van der Waals surface area contributed by atoms with Crippen LogP contribution in [0.5, 0.6) is 5.75 Å². The fourth-order valence-corrected chi connectivity index (χ4v) is 4.97. The zero-order valence-corrected chi connectivity index (χ0v) is 19.6. The highest BCUT2D eigenvalue weighted by molar-refractivity contribution is 5.35. The molecule has 0 radical (unpaired) electrons. The minimum absolute atomic E-state index is 0.0518. The summed E-state index contributed by atoms with van der Waals surface area (Å²) < 4.78 is 5.66. The molecule has 0 saturated carbocycles. The van der Waals surface area contributed by atoms with E-state index < -0.39 is 5.60 Å². The summed E-state index contributed by atoms with van der Waals surface area (Å²) in [6.45, 7) is 8.09. The monoisotopic (exact) mass is 423 g/mol. The Hall–Kier alpha value is -1.84. The first-order chi connectivity index (χ1) is 15.2. The van der Waals surface area contributed by atoms with Gasteiger partial charge in [0.1, 0.15) is 5.75 Å². The largest absolute Gasteiger partial charge is 0.494 e. The third-order valence-electron chi connectivity index (χ3n) is 6.74. The lowest BCUT2D eigenvalue weighted by atomic mass is 9.74. The van der Waals surface area contributed by atoms with Crippen molar-refractivity contribution in [3.8, 4) is 5.75 Å². The number of rotatable bonds is 13. The van der Waals surface area contributed by atoms with Crippen LogP contribution < -0.4 is 4.74 Å². The first kappa shape index (κ1) is 23.8. The summed E-state index contributed by atoms with van der Waals surface area (Å²) in [5.41, 5.74) is 1.36. The van der Waals surface area contributed by atoms with Gasteiger partial charge in [-0.3, -0.25) is 0 Å². The van der Waals surface area contributed by atoms with Crippen molar-refractivity contribution in [1.29, 1.82) is 0 Å². The summed E-state index contributed by atoms with van der Waals surface area (Å²) in [5, 5.41) is 12.4. The second-order valence-corrected chi connectivity index (χ2v) is 9.02. The average Bonchev–Trinajstić information content (AvgIpc) is 3.32. The molecule has 2 aromatic carbocycles. The highest BCUT2D eigenvalue weighted by Crippen LogP contribution is 2.42. The highest BCUT2D eigenvalue weighted by atomic mass is 16.5. The van der Waals surface area contributed by atoms with E-state index in [1.54, 1.807) is 0 Å². The number of aliphatic hydroxyl groups is 1. The van der Waals surface area contributed by atoms with E-state index in [9.17, 15) is 5.11 Å². The third kappa shape index (κ3) is 6.57. The van der Waals surface area contributed by atoms with Crippen LogP contribution in [0.4, 0.5) is 0 Å². The van der Waals surface area contributed by atoms with Crippen LogP contribution in [0, 0.1) is 0 Å². The standard InChI is InChI=1S/C28H41NO2/c1-3-5-6-7-11-20-28(30,25-16-18-26(19-17-25)31-4-2)27(23-29-21-12-13-22-29)24-14-9-8-10-15-24/h8-10,14-19,27,30H,3-7,11-13,20-23H2,1-2H3/t27-,28-/m1/s1. The molecule has 1 N–H and O–H groups in total. The number of nitrogens with zero attached hydrogens (tertiary/aromatic N) is 1. The molecule has 0 amide bonds. The fraction of sp³-hybridized carbons (Fsp3) is 0.571. The van der Waals surface area contributed by atoms with E-state index in [2.05, 4.69) is 54.3 Å². The molecular weight excluding hydrogens is 382 g/mol. The molecular formula is C28H41NO2. The van der Waals surface area contributed by atoms with Crippen LogP contribution >= 0.6 is 0 Å². The van der Waals surface area contributed by atoms with Gasteiger partial charge in [-0.1, -0.05) is 81.5 Å².